The molecule has 1 amide bonds. The SMILES string of the molecule is CCCCCCCCCCCCCCCCCCCCCCCCC/C=C/CC/C=C/CC/C=C/C(O)C(COC1OC(CO)C(OC2OC(CO)C(OC3OC(CO)C(O)C(O)C3O)C(O)C2O)C(O)C1O)NC(=O)CCCC. The van der Waals surface area contributed by atoms with Crippen molar-refractivity contribution in [2.75, 3.05) is 26.4 Å². The zero-order chi connectivity index (χ0) is 58.3. The zero-order valence-corrected chi connectivity index (χ0v) is 48.8. The summed E-state index contributed by atoms with van der Waals surface area (Å²) in [6.45, 7) is 1.42. The lowest BCUT2D eigenvalue weighted by Gasteiger charge is -2.48. The number of hydrogen-bond donors (Lipinski definition) is 12. The second-order valence-electron chi connectivity index (χ2n) is 22.5. The first-order valence-electron chi connectivity index (χ1n) is 31.2. The molecule has 3 heterocycles. The van der Waals surface area contributed by atoms with Crippen LogP contribution in [-0.2, 0) is 33.2 Å². The highest BCUT2D eigenvalue weighted by atomic mass is 16.8. The molecule has 0 aromatic heterocycles. The highest BCUT2D eigenvalue weighted by molar-refractivity contribution is 5.76. The predicted octanol–water partition coefficient (Wildman–Crippen LogP) is 6.10. The highest BCUT2D eigenvalue weighted by Crippen LogP contribution is 2.33. The fraction of sp³-hybridized carbons (Fsp3) is 0.885. The van der Waals surface area contributed by atoms with Crippen molar-refractivity contribution in [3.63, 3.8) is 0 Å². The van der Waals surface area contributed by atoms with E-state index in [9.17, 15) is 61.0 Å². The molecule has 0 spiro atoms. The van der Waals surface area contributed by atoms with Crippen LogP contribution in [-0.4, -0.2) is 193 Å². The van der Waals surface area contributed by atoms with Crippen LogP contribution >= 0.6 is 0 Å². The standard InChI is InChI=1S/C61H111NO18/c1-3-5-7-8-9-10-11-12-13-14-15-16-17-18-19-20-21-22-23-24-25-26-27-28-29-30-31-32-33-34-35-36-37-38-45(66)44(62-49(67)39-6-4-2)43-75-59-55(73)52(70)57(47(41-64)77-59)80-61-56(74)53(71)58(48(42-65)78-61)79-60-54(72)51(69)50(68)46(40-63)76-60/h29-30,33-34,37-38,44-48,50-61,63-66,68-74H,3-28,31-32,35-36,39-43H2,1-2H3,(H,62,67)/b30-29+,34-33+,38-37+. The second-order valence-corrected chi connectivity index (χ2v) is 22.5. The third kappa shape index (κ3) is 27.8. The molecule has 3 rings (SSSR count). The maximum atomic E-state index is 12.8. The lowest BCUT2D eigenvalue weighted by Crippen LogP contribution is -2.66. The number of amides is 1. The molecule has 0 aromatic rings. The number of hydrogen-bond acceptors (Lipinski definition) is 18. The molecule has 3 saturated heterocycles. The lowest BCUT2D eigenvalue weighted by molar-refractivity contribution is -0.379. The summed E-state index contributed by atoms with van der Waals surface area (Å²) < 4.78 is 33.9. The van der Waals surface area contributed by atoms with Gasteiger partial charge in [-0.05, 0) is 44.9 Å². The van der Waals surface area contributed by atoms with E-state index in [1.165, 1.54) is 148 Å². The van der Waals surface area contributed by atoms with E-state index in [2.05, 4.69) is 36.5 Å². The highest BCUT2D eigenvalue weighted by Gasteiger charge is 2.53. The van der Waals surface area contributed by atoms with Crippen molar-refractivity contribution in [1.82, 2.24) is 5.32 Å². The van der Waals surface area contributed by atoms with E-state index in [-0.39, 0.29) is 18.9 Å². The topological polar surface area (TPSA) is 307 Å². The van der Waals surface area contributed by atoms with Crippen LogP contribution in [0.3, 0.4) is 0 Å². The van der Waals surface area contributed by atoms with Gasteiger partial charge in [0.1, 0.15) is 73.2 Å². The largest absolute Gasteiger partial charge is 0.394 e. The molecular formula is C61H111NO18. The number of carbonyl (C=O) groups excluding carboxylic acids is 1. The molecule has 19 heteroatoms. The van der Waals surface area contributed by atoms with E-state index in [1.807, 2.05) is 13.0 Å². The van der Waals surface area contributed by atoms with E-state index in [0.29, 0.717) is 12.8 Å². The quantitative estimate of drug-likeness (QED) is 0.0242. The van der Waals surface area contributed by atoms with Crippen molar-refractivity contribution in [2.24, 2.45) is 0 Å². The summed E-state index contributed by atoms with van der Waals surface area (Å²) in [5.41, 5.74) is 0. The third-order valence-electron chi connectivity index (χ3n) is 15.7. The Morgan fingerprint density at radius 3 is 1.24 bits per heavy atom. The average molecular weight is 1150 g/mol. The number of unbranched alkanes of at least 4 members (excludes halogenated alkanes) is 26. The molecule has 17 unspecified atom stereocenters. The number of carbonyl (C=O) groups is 1. The number of aliphatic hydroxyl groups is 11. The molecule has 3 fully saturated rings. The Balaban J connectivity index is 1.29. The number of rotatable bonds is 46. The van der Waals surface area contributed by atoms with E-state index in [4.69, 9.17) is 28.4 Å². The van der Waals surface area contributed by atoms with Crippen molar-refractivity contribution in [2.45, 2.75) is 317 Å². The van der Waals surface area contributed by atoms with Gasteiger partial charge in [-0.3, -0.25) is 4.79 Å². The average Bonchev–Trinajstić information content (AvgIpc) is 3.55. The fourth-order valence-corrected chi connectivity index (χ4v) is 10.5. The molecule has 17 atom stereocenters. The summed E-state index contributed by atoms with van der Waals surface area (Å²) in [5.74, 6) is -0.326. The number of ether oxygens (including phenoxy) is 6. The molecule has 0 saturated carbocycles. The maximum Gasteiger partial charge on any atom is 0.220 e. The summed E-state index contributed by atoms with van der Waals surface area (Å²) >= 11 is 0. The van der Waals surface area contributed by atoms with E-state index >= 15 is 0 Å². The van der Waals surface area contributed by atoms with E-state index in [0.717, 1.165) is 32.1 Å². The zero-order valence-electron chi connectivity index (χ0n) is 48.8. The molecule has 0 aliphatic carbocycles. The molecule has 3 aliphatic heterocycles. The Labute approximate surface area is 479 Å². The van der Waals surface area contributed by atoms with Crippen LogP contribution < -0.4 is 5.32 Å². The summed E-state index contributed by atoms with van der Waals surface area (Å²) in [6, 6.07) is -0.989. The van der Waals surface area contributed by atoms with Crippen LogP contribution in [0, 0.1) is 0 Å². The van der Waals surface area contributed by atoms with Gasteiger partial charge >= 0.3 is 0 Å². The van der Waals surface area contributed by atoms with Gasteiger partial charge in [-0.1, -0.05) is 198 Å². The smallest absolute Gasteiger partial charge is 0.220 e. The van der Waals surface area contributed by atoms with Crippen LogP contribution in [0.2, 0.25) is 0 Å². The molecule has 468 valence electrons. The Kier molecular flexibility index (Phi) is 40.2. The molecular weight excluding hydrogens is 1030 g/mol. The minimum Gasteiger partial charge on any atom is -0.394 e. The Morgan fingerprint density at radius 2 is 0.800 bits per heavy atom. The van der Waals surface area contributed by atoms with Gasteiger partial charge in [0, 0.05) is 6.42 Å². The molecule has 80 heavy (non-hydrogen) atoms. The van der Waals surface area contributed by atoms with Crippen molar-refractivity contribution in [3.05, 3.63) is 36.5 Å². The van der Waals surface area contributed by atoms with Gasteiger partial charge in [0.05, 0.1) is 38.6 Å². The van der Waals surface area contributed by atoms with Gasteiger partial charge in [0.2, 0.25) is 5.91 Å². The first-order chi connectivity index (χ1) is 38.8. The van der Waals surface area contributed by atoms with Gasteiger partial charge < -0.3 is 89.9 Å². The number of aliphatic hydroxyl groups excluding tert-OH is 11. The van der Waals surface area contributed by atoms with Gasteiger partial charge in [-0.15, -0.1) is 0 Å². The Morgan fingerprint density at radius 1 is 0.438 bits per heavy atom. The number of allylic oxidation sites excluding steroid dienone is 5. The first kappa shape index (κ1) is 72.3. The Hall–Kier alpha value is -1.99. The lowest BCUT2D eigenvalue weighted by atomic mass is 9.96. The minimum atomic E-state index is -1.98. The summed E-state index contributed by atoms with van der Waals surface area (Å²) in [7, 11) is 0. The fourth-order valence-electron chi connectivity index (χ4n) is 10.5. The van der Waals surface area contributed by atoms with Crippen LogP contribution in [0.5, 0.6) is 0 Å². The third-order valence-corrected chi connectivity index (χ3v) is 15.7. The number of nitrogens with one attached hydrogen (secondary N) is 1. The van der Waals surface area contributed by atoms with Crippen molar-refractivity contribution in [3.8, 4) is 0 Å². The summed E-state index contributed by atoms with van der Waals surface area (Å²) in [5, 5.41) is 119. The van der Waals surface area contributed by atoms with Gasteiger partial charge in [0.25, 0.3) is 0 Å². The normalized spacial score (nSPS) is 30.2. The van der Waals surface area contributed by atoms with Gasteiger partial charge in [0.15, 0.2) is 18.9 Å². The Bertz CT molecular complexity index is 1600. The summed E-state index contributed by atoms with van der Waals surface area (Å²) in [4.78, 5) is 12.8. The van der Waals surface area contributed by atoms with Crippen molar-refractivity contribution < 1.29 is 89.4 Å². The summed E-state index contributed by atoms with van der Waals surface area (Å²) in [6.07, 6.45) is 23.4. The van der Waals surface area contributed by atoms with E-state index in [1.54, 1.807) is 6.08 Å². The molecule has 19 nitrogen and oxygen atoms in total. The van der Waals surface area contributed by atoms with Gasteiger partial charge in [-0.2, -0.15) is 0 Å². The van der Waals surface area contributed by atoms with E-state index < -0.39 is 124 Å². The predicted molar refractivity (Wildman–Crippen MR) is 305 cm³/mol. The maximum absolute atomic E-state index is 12.8. The van der Waals surface area contributed by atoms with Crippen LogP contribution in [0.1, 0.15) is 213 Å². The molecule has 0 aromatic carbocycles. The van der Waals surface area contributed by atoms with Crippen LogP contribution in [0.4, 0.5) is 0 Å². The second kappa shape index (κ2) is 44.5. The van der Waals surface area contributed by atoms with Crippen molar-refractivity contribution >= 4 is 5.91 Å². The monoisotopic (exact) mass is 1150 g/mol. The van der Waals surface area contributed by atoms with Crippen molar-refractivity contribution in [1.29, 1.82) is 0 Å². The van der Waals surface area contributed by atoms with Crippen LogP contribution in [0.25, 0.3) is 0 Å². The molecule has 0 radical (unpaired) electrons. The molecule has 3 aliphatic rings. The first-order valence-corrected chi connectivity index (χ1v) is 31.2. The minimum absolute atomic E-state index is 0.206. The van der Waals surface area contributed by atoms with Gasteiger partial charge in [-0.25, -0.2) is 0 Å². The molecule has 0 bridgehead atoms. The van der Waals surface area contributed by atoms with Crippen LogP contribution in [0.15, 0.2) is 36.5 Å². The molecule has 12 N–H and O–H groups in total.